The first-order valence-electron chi connectivity index (χ1n) is 7.63. The van der Waals surface area contributed by atoms with Crippen LogP contribution in [0.2, 0.25) is 0 Å². The van der Waals surface area contributed by atoms with E-state index in [4.69, 9.17) is 4.74 Å². The largest absolute Gasteiger partial charge is 0.385 e. The summed E-state index contributed by atoms with van der Waals surface area (Å²) in [5.41, 5.74) is 2.25. The molecule has 0 saturated carbocycles. The van der Waals surface area contributed by atoms with Crippen molar-refractivity contribution in [1.82, 2.24) is 5.32 Å². The van der Waals surface area contributed by atoms with Gasteiger partial charge in [-0.2, -0.15) is 0 Å². The zero-order valence-corrected chi connectivity index (χ0v) is 13.2. The Balaban J connectivity index is 1.96. The molecule has 0 saturated heterocycles. The molecule has 0 aliphatic carbocycles. The molecular weight excluding hydrogens is 264 g/mol. The monoisotopic (exact) mass is 290 g/mol. The lowest BCUT2D eigenvalue weighted by Crippen LogP contribution is -2.39. The number of fused-ring (bicyclic) bond motifs is 1. The van der Waals surface area contributed by atoms with Gasteiger partial charge in [0.1, 0.15) is 0 Å². The molecule has 4 heteroatoms. The number of ether oxygens (including phenoxy) is 1. The summed E-state index contributed by atoms with van der Waals surface area (Å²) >= 11 is 0. The lowest BCUT2D eigenvalue weighted by atomic mass is 9.87. The molecule has 1 heterocycles. The van der Waals surface area contributed by atoms with Crippen LogP contribution in [-0.4, -0.2) is 32.7 Å². The van der Waals surface area contributed by atoms with Crippen LogP contribution in [0.4, 0.5) is 5.69 Å². The third kappa shape index (κ3) is 4.21. The third-order valence-corrected chi connectivity index (χ3v) is 4.13. The molecule has 0 fully saturated rings. The van der Waals surface area contributed by atoms with Crippen molar-refractivity contribution in [2.75, 3.05) is 32.1 Å². The van der Waals surface area contributed by atoms with Crippen molar-refractivity contribution in [2.45, 2.75) is 32.6 Å². The number of carbonyl (C=O) groups is 1. The van der Waals surface area contributed by atoms with E-state index in [9.17, 15) is 4.79 Å². The highest BCUT2D eigenvalue weighted by molar-refractivity contribution is 5.86. The van der Waals surface area contributed by atoms with Gasteiger partial charge in [-0.3, -0.25) is 4.79 Å². The normalized spacial score (nSPS) is 17.8. The van der Waals surface area contributed by atoms with Crippen LogP contribution < -0.4 is 10.6 Å². The maximum absolute atomic E-state index is 12.5. The van der Waals surface area contributed by atoms with Gasteiger partial charge in [0.25, 0.3) is 0 Å². The van der Waals surface area contributed by atoms with Crippen molar-refractivity contribution < 1.29 is 9.53 Å². The molecule has 4 nitrogen and oxygen atoms in total. The molecule has 1 unspecified atom stereocenters. The summed E-state index contributed by atoms with van der Waals surface area (Å²) in [6, 6.07) is 8.08. The topological polar surface area (TPSA) is 50.4 Å². The van der Waals surface area contributed by atoms with Crippen LogP contribution >= 0.6 is 0 Å². The summed E-state index contributed by atoms with van der Waals surface area (Å²) in [4.78, 5) is 12.5. The molecule has 1 aromatic rings. The Bertz CT molecular complexity index is 485. The number of hydrogen-bond acceptors (Lipinski definition) is 3. The molecule has 1 amide bonds. The van der Waals surface area contributed by atoms with Crippen molar-refractivity contribution in [3.8, 4) is 0 Å². The van der Waals surface area contributed by atoms with E-state index in [1.54, 1.807) is 7.11 Å². The predicted octanol–water partition coefficient (Wildman–Crippen LogP) is 2.76. The number of para-hydroxylation sites is 1. The number of methoxy groups -OCH3 is 1. The van der Waals surface area contributed by atoms with Crippen LogP contribution in [0, 0.1) is 5.41 Å². The Kier molecular flexibility index (Phi) is 5.23. The molecule has 0 bridgehead atoms. The molecule has 0 radical (unpaired) electrons. The Labute approximate surface area is 127 Å². The number of hydrogen-bond donors (Lipinski definition) is 2. The van der Waals surface area contributed by atoms with E-state index in [0.29, 0.717) is 6.54 Å². The average Bonchev–Trinajstić information content (AvgIpc) is 2.50. The van der Waals surface area contributed by atoms with Crippen molar-refractivity contribution in [2.24, 2.45) is 5.41 Å². The van der Waals surface area contributed by atoms with Crippen molar-refractivity contribution in [1.29, 1.82) is 0 Å². The zero-order chi connectivity index (χ0) is 15.3. The standard InChI is InChI=1S/C17H26N2O2/c1-17(2,9-11-21-3)12-19-16(20)14-8-10-18-15-7-5-4-6-13(14)15/h4-7,14,18H,8-12H2,1-3H3,(H,19,20). The second-order valence-corrected chi connectivity index (χ2v) is 6.48. The van der Waals surface area contributed by atoms with Crippen LogP contribution in [0.3, 0.4) is 0 Å². The SMILES string of the molecule is COCCC(C)(C)CNC(=O)C1CCNc2ccccc21. The number of nitrogens with one attached hydrogen (secondary N) is 2. The van der Waals surface area contributed by atoms with E-state index in [1.165, 1.54) is 0 Å². The van der Waals surface area contributed by atoms with Gasteiger partial charge in [0.15, 0.2) is 0 Å². The van der Waals surface area contributed by atoms with E-state index in [1.807, 2.05) is 24.3 Å². The summed E-state index contributed by atoms with van der Waals surface area (Å²) in [6.07, 6.45) is 1.79. The molecule has 2 N–H and O–H groups in total. The van der Waals surface area contributed by atoms with E-state index in [-0.39, 0.29) is 17.2 Å². The third-order valence-electron chi connectivity index (χ3n) is 4.13. The number of carbonyl (C=O) groups excluding carboxylic acids is 1. The van der Waals surface area contributed by atoms with Crippen LogP contribution in [0.25, 0.3) is 0 Å². The lowest BCUT2D eigenvalue weighted by Gasteiger charge is -2.29. The Morgan fingerprint density at radius 2 is 2.19 bits per heavy atom. The fourth-order valence-electron chi connectivity index (χ4n) is 2.66. The fraction of sp³-hybridized carbons (Fsp3) is 0.588. The highest BCUT2D eigenvalue weighted by Gasteiger charge is 2.27. The second kappa shape index (κ2) is 6.94. The van der Waals surface area contributed by atoms with Gasteiger partial charge in [-0.25, -0.2) is 0 Å². The van der Waals surface area contributed by atoms with Crippen molar-refractivity contribution >= 4 is 11.6 Å². The number of benzene rings is 1. The average molecular weight is 290 g/mol. The summed E-state index contributed by atoms with van der Waals surface area (Å²) in [5.74, 6) is 0.0927. The van der Waals surface area contributed by atoms with E-state index >= 15 is 0 Å². The summed E-state index contributed by atoms with van der Waals surface area (Å²) in [6.45, 7) is 6.56. The van der Waals surface area contributed by atoms with Gasteiger partial charge < -0.3 is 15.4 Å². The van der Waals surface area contributed by atoms with Gasteiger partial charge in [-0.1, -0.05) is 32.0 Å². The Hall–Kier alpha value is -1.55. The van der Waals surface area contributed by atoms with Gasteiger partial charge in [0, 0.05) is 32.5 Å². The molecule has 0 spiro atoms. The van der Waals surface area contributed by atoms with Gasteiger partial charge >= 0.3 is 0 Å². The highest BCUT2D eigenvalue weighted by atomic mass is 16.5. The molecular formula is C17H26N2O2. The second-order valence-electron chi connectivity index (χ2n) is 6.48. The molecule has 1 aliphatic rings. The number of rotatable bonds is 6. The van der Waals surface area contributed by atoms with Crippen LogP contribution in [0.1, 0.15) is 38.2 Å². The van der Waals surface area contributed by atoms with E-state index < -0.39 is 0 Å². The van der Waals surface area contributed by atoms with Crippen molar-refractivity contribution in [3.05, 3.63) is 29.8 Å². The van der Waals surface area contributed by atoms with E-state index in [2.05, 4.69) is 24.5 Å². The number of amides is 1. The molecule has 21 heavy (non-hydrogen) atoms. The predicted molar refractivity (Wildman–Crippen MR) is 85.6 cm³/mol. The molecule has 1 aliphatic heterocycles. The highest BCUT2D eigenvalue weighted by Crippen LogP contribution is 2.31. The minimum atomic E-state index is -0.0410. The van der Waals surface area contributed by atoms with Crippen LogP contribution in [0.15, 0.2) is 24.3 Å². The van der Waals surface area contributed by atoms with Crippen molar-refractivity contribution in [3.63, 3.8) is 0 Å². The molecule has 2 rings (SSSR count). The summed E-state index contributed by atoms with van der Waals surface area (Å²) < 4.78 is 5.13. The van der Waals surface area contributed by atoms with Gasteiger partial charge in [-0.15, -0.1) is 0 Å². The first-order chi connectivity index (χ1) is 10.0. The van der Waals surface area contributed by atoms with E-state index in [0.717, 1.165) is 37.2 Å². The fourth-order valence-corrected chi connectivity index (χ4v) is 2.66. The summed E-state index contributed by atoms with van der Waals surface area (Å²) in [5, 5.41) is 6.47. The van der Waals surface area contributed by atoms with Crippen LogP contribution in [0.5, 0.6) is 0 Å². The molecule has 1 atom stereocenters. The molecule has 1 aromatic carbocycles. The molecule has 116 valence electrons. The Morgan fingerprint density at radius 1 is 1.43 bits per heavy atom. The van der Waals surface area contributed by atoms with Gasteiger partial charge in [0.05, 0.1) is 5.92 Å². The first kappa shape index (κ1) is 15.8. The van der Waals surface area contributed by atoms with Gasteiger partial charge in [0.2, 0.25) is 5.91 Å². The molecule has 0 aromatic heterocycles. The minimum Gasteiger partial charge on any atom is -0.385 e. The van der Waals surface area contributed by atoms with Crippen LogP contribution in [-0.2, 0) is 9.53 Å². The minimum absolute atomic E-state index is 0.0410. The van der Waals surface area contributed by atoms with Gasteiger partial charge in [-0.05, 0) is 29.9 Å². The maximum Gasteiger partial charge on any atom is 0.227 e. The smallest absolute Gasteiger partial charge is 0.227 e. The quantitative estimate of drug-likeness (QED) is 0.847. The lowest BCUT2D eigenvalue weighted by molar-refractivity contribution is -0.123. The maximum atomic E-state index is 12.5. The zero-order valence-electron chi connectivity index (χ0n) is 13.2. The number of anilines is 1. The first-order valence-corrected chi connectivity index (χ1v) is 7.63. The Morgan fingerprint density at radius 3 is 2.95 bits per heavy atom. The summed E-state index contributed by atoms with van der Waals surface area (Å²) in [7, 11) is 1.71.